The first-order valence-corrected chi connectivity index (χ1v) is 6.89. The van der Waals surface area contributed by atoms with Gasteiger partial charge in [0.1, 0.15) is 0 Å². The van der Waals surface area contributed by atoms with Crippen LogP contribution in [-0.2, 0) is 9.53 Å². The maximum atomic E-state index is 12.0. The topological polar surface area (TPSA) is 50.4 Å². The summed E-state index contributed by atoms with van der Waals surface area (Å²) in [7, 11) is 0. The molecular formula is C13H16Cl2N2O2. The van der Waals surface area contributed by atoms with E-state index in [0.29, 0.717) is 35.4 Å². The zero-order valence-corrected chi connectivity index (χ0v) is 12.1. The van der Waals surface area contributed by atoms with Crippen LogP contribution in [0.1, 0.15) is 12.0 Å². The minimum absolute atomic E-state index is 0.0381. The van der Waals surface area contributed by atoms with Crippen molar-refractivity contribution in [3.8, 4) is 0 Å². The highest BCUT2D eigenvalue weighted by Crippen LogP contribution is 2.32. The lowest BCUT2D eigenvalue weighted by atomic mass is 10.1. The van der Waals surface area contributed by atoms with Crippen molar-refractivity contribution < 1.29 is 9.53 Å². The van der Waals surface area contributed by atoms with E-state index in [-0.39, 0.29) is 11.9 Å². The maximum Gasteiger partial charge on any atom is 0.226 e. The van der Waals surface area contributed by atoms with E-state index in [0.717, 1.165) is 12.1 Å². The molecule has 1 heterocycles. The van der Waals surface area contributed by atoms with Crippen molar-refractivity contribution in [2.75, 3.05) is 25.1 Å². The minimum atomic E-state index is -0.127. The molecule has 0 saturated carbocycles. The van der Waals surface area contributed by atoms with Gasteiger partial charge < -0.3 is 15.4 Å². The first-order chi connectivity index (χ1) is 9.08. The molecule has 104 valence electrons. The van der Waals surface area contributed by atoms with Crippen LogP contribution in [0.2, 0.25) is 10.0 Å². The molecule has 1 aromatic rings. The zero-order chi connectivity index (χ0) is 13.8. The number of halogens is 2. The van der Waals surface area contributed by atoms with Crippen LogP contribution in [0.15, 0.2) is 12.1 Å². The number of morpholine rings is 1. The summed E-state index contributed by atoms with van der Waals surface area (Å²) < 4.78 is 5.31. The molecular weight excluding hydrogens is 287 g/mol. The van der Waals surface area contributed by atoms with Crippen molar-refractivity contribution in [1.82, 2.24) is 5.32 Å². The minimum Gasteiger partial charge on any atom is -0.378 e. The number of ether oxygens (including phenoxy) is 1. The number of carbonyl (C=O) groups excluding carboxylic acids is 1. The molecule has 1 aliphatic heterocycles. The molecule has 0 bridgehead atoms. The van der Waals surface area contributed by atoms with Gasteiger partial charge in [-0.15, -0.1) is 0 Å². The number of rotatable bonds is 3. The number of nitrogens with one attached hydrogen (secondary N) is 2. The van der Waals surface area contributed by atoms with Gasteiger partial charge in [0.2, 0.25) is 5.91 Å². The lowest BCUT2D eigenvalue weighted by Crippen LogP contribution is -2.43. The van der Waals surface area contributed by atoms with Crippen LogP contribution in [0.5, 0.6) is 0 Å². The molecule has 1 unspecified atom stereocenters. The van der Waals surface area contributed by atoms with Crippen molar-refractivity contribution in [3.63, 3.8) is 0 Å². The van der Waals surface area contributed by atoms with E-state index in [1.165, 1.54) is 0 Å². The smallest absolute Gasteiger partial charge is 0.226 e. The van der Waals surface area contributed by atoms with Crippen molar-refractivity contribution in [1.29, 1.82) is 0 Å². The largest absolute Gasteiger partial charge is 0.378 e. The number of amides is 1. The Balaban J connectivity index is 2.00. The van der Waals surface area contributed by atoms with E-state index in [9.17, 15) is 4.79 Å². The van der Waals surface area contributed by atoms with Crippen LogP contribution in [-0.4, -0.2) is 31.7 Å². The zero-order valence-electron chi connectivity index (χ0n) is 10.6. The van der Waals surface area contributed by atoms with Gasteiger partial charge in [-0.05, 0) is 18.6 Å². The van der Waals surface area contributed by atoms with Gasteiger partial charge in [-0.25, -0.2) is 0 Å². The third-order valence-corrected chi connectivity index (χ3v) is 3.78. The number of benzene rings is 1. The predicted molar refractivity (Wildman–Crippen MR) is 77.1 cm³/mol. The Bertz CT molecular complexity index is 474. The van der Waals surface area contributed by atoms with Crippen molar-refractivity contribution in [3.05, 3.63) is 27.7 Å². The Morgan fingerprint density at radius 1 is 1.53 bits per heavy atom. The van der Waals surface area contributed by atoms with Gasteiger partial charge >= 0.3 is 0 Å². The van der Waals surface area contributed by atoms with E-state index < -0.39 is 0 Å². The van der Waals surface area contributed by atoms with Crippen LogP contribution in [0.3, 0.4) is 0 Å². The van der Waals surface area contributed by atoms with Gasteiger partial charge in [0, 0.05) is 19.0 Å². The third-order valence-electron chi connectivity index (χ3n) is 2.98. The second-order valence-corrected chi connectivity index (χ2v) is 5.32. The summed E-state index contributed by atoms with van der Waals surface area (Å²) in [6, 6.07) is 3.58. The van der Waals surface area contributed by atoms with Gasteiger partial charge in [-0.2, -0.15) is 0 Å². The van der Waals surface area contributed by atoms with E-state index in [1.54, 1.807) is 6.07 Å². The average Bonchev–Trinajstić information content (AvgIpc) is 2.40. The standard InChI is InChI=1S/C13H16Cl2N2O2/c1-8-2-3-10(14)13(12(8)15)17-11(18)6-9-7-19-5-4-16-9/h2-3,9,16H,4-7H2,1H3,(H,17,18). The SMILES string of the molecule is Cc1ccc(Cl)c(NC(=O)CC2COCCN2)c1Cl. The van der Waals surface area contributed by atoms with Crippen LogP contribution >= 0.6 is 23.2 Å². The number of hydrogen-bond donors (Lipinski definition) is 2. The molecule has 2 rings (SSSR count). The molecule has 19 heavy (non-hydrogen) atoms. The van der Waals surface area contributed by atoms with Crippen LogP contribution in [0, 0.1) is 6.92 Å². The maximum absolute atomic E-state index is 12.0. The number of hydrogen-bond acceptors (Lipinski definition) is 3. The Hall–Kier alpha value is -0.810. The normalized spacial score (nSPS) is 19.2. The van der Waals surface area contributed by atoms with Crippen LogP contribution < -0.4 is 10.6 Å². The number of anilines is 1. The van der Waals surface area contributed by atoms with E-state index >= 15 is 0 Å². The van der Waals surface area contributed by atoms with Crippen molar-refractivity contribution in [2.24, 2.45) is 0 Å². The highest BCUT2D eigenvalue weighted by atomic mass is 35.5. The van der Waals surface area contributed by atoms with Gasteiger partial charge in [0.25, 0.3) is 0 Å². The van der Waals surface area contributed by atoms with Crippen LogP contribution in [0.25, 0.3) is 0 Å². The molecule has 1 fully saturated rings. The Labute approximate surface area is 122 Å². The van der Waals surface area contributed by atoms with Gasteiger partial charge in [-0.3, -0.25) is 4.79 Å². The quantitative estimate of drug-likeness (QED) is 0.902. The molecule has 1 aliphatic rings. The first-order valence-electron chi connectivity index (χ1n) is 6.13. The fourth-order valence-corrected chi connectivity index (χ4v) is 2.40. The summed E-state index contributed by atoms with van der Waals surface area (Å²) in [5.74, 6) is -0.127. The molecule has 0 aromatic heterocycles. The summed E-state index contributed by atoms with van der Waals surface area (Å²) in [5, 5.41) is 6.91. The van der Waals surface area contributed by atoms with Gasteiger partial charge in [0.15, 0.2) is 0 Å². The van der Waals surface area contributed by atoms with E-state index in [4.69, 9.17) is 27.9 Å². The highest BCUT2D eigenvalue weighted by Gasteiger charge is 2.18. The second kappa shape index (κ2) is 6.57. The molecule has 6 heteroatoms. The summed E-state index contributed by atoms with van der Waals surface area (Å²) in [5.41, 5.74) is 1.35. The molecule has 1 saturated heterocycles. The summed E-state index contributed by atoms with van der Waals surface area (Å²) in [6.07, 6.45) is 0.334. The van der Waals surface area contributed by atoms with Gasteiger partial charge in [-0.1, -0.05) is 29.3 Å². The number of aryl methyl sites for hydroxylation is 1. The molecule has 1 amide bonds. The van der Waals surface area contributed by atoms with Gasteiger partial charge in [0.05, 0.1) is 28.9 Å². The van der Waals surface area contributed by atoms with E-state index in [1.807, 2.05) is 13.0 Å². The summed E-state index contributed by atoms with van der Waals surface area (Å²) in [4.78, 5) is 12.0. The van der Waals surface area contributed by atoms with Crippen molar-refractivity contribution >= 4 is 34.8 Å². The molecule has 0 spiro atoms. The average molecular weight is 303 g/mol. The molecule has 1 aromatic carbocycles. The Morgan fingerprint density at radius 3 is 3.00 bits per heavy atom. The van der Waals surface area contributed by atoms with Crippen molar-refractivity contribution in [2.45, 2.75) is 19.4 Å². The summed E-state index contributed by atoms with van der Waals surface area (Å²) in [6.45, 7) is 3.87. The van der Waals surface area contributed by atoms with Crippen LogP contribution in [0.4, 0.5) is 5.69 Å². The number of carbonyl (C=O) groups is 1. The molecule has 4 nitrogen and oxygen atoms in total. The third kappa shape index (κ3) is 3.83. The Kier molecular flexibility index (Phi) is 5.05. The second-order valence-electron chi connectivity index (χ2n) is 4.53. The lowest BCUT2D eigenvalue weighted by Gasteiger charge is -2.23. The lowest BCUT2D eigenvalue weighted by molar-refractivity contribution is -0.117. The monoisotopic (exact) mass is 302 g/mol. The molecule has 0 aliphatic carbocycles. The molecule has 1 atom stereocenters. The first kappa shape index (κ1) is 14.6. The highest BCUT2D eigenvalue weighted by molar-refractivity contribution is 6.40. The molecule has 0 radical (unpaired) electrons. The summed E-state index contributed by atoms with van der Waals surface area (Å²) >= 11 is 12.2. The Morgan fingerprint density at radius 2 is 2.32 bits per heavy atom. The fraction of sp³-hybridized carbons (Fsp3) is 0.462. The molecule has 2 N–H and O–H groups in total. The fourth-order valence-electron chi connectivity index (χ4n) is 1.94. The van der Waals surface area contributed by atoms with E-state index in [2.05, 4.69) is 10.6 Å². The predicted octanol–water partition coefficient (Wildman–Crippen LogP) is 2.62.